The summed E-state index contributed by atoms with van der Waals surface area (Å²) in [4.78, 5) is 84.1. The van der Waals surface area contributed by atoms with Crippen LogP contribution in [0, 0.1) is 28.1 Å². The maximum Gasteiger partial charge on any atom is 0.338 e. The van der Waals surface area contributed by atoms with Crippen molar-refractivity contribution in [3.63, 3.8) is 0 Å². The van der Waals surface area contributed by atoms with E-state index in [2.05, 4.69) is 5.32 Å². The molecule has 63 heavy (non-hydrogen) atoms. The Kier molecular flexibility index (Phi) is 13.2. The first-order valence-electron chi connectivity index (χ1n) is 21.1. The Balaban J connectivity index is 1.56. The van der Waals surface area contributed by atoms with Crippen molar-refractivity contribution in [2.24, 2.45) is 28.1 Å². The van der Waals surface area contributed by atoms with E-state index >= 15 is 4.79 Å². The van der Waals surface area contributed by atoms with Gasteiger partial charge in [0, 0.05) is 30.7 Å². The third kappa shape index (κ3) is 8.20. The summed E-state index contributed by atoms with van der Waals surface area (Å²) in [7, 11) is 0. The Hall–Kier alpha value is -5.70. The molecule has 6 rings (SSSR count). The molecule has 0 radical (unpaired) electrons. The highest BCUT2D eigenvalue weighted by molar-refractivity contribution is 5.96. The molecule has 336 valence electrons. The SMILES string of the molecule is CC(=O)O[C@H]1C(=O)[C@@]2(C)[C@H]([C@H](OC(=O)c3ccccc3)[C@]3(C)C[C@H](OC(=O)[C@H](O)[C@@H](NC(=O)c4ccccc4)c4ccccc4)C(C)=C1C3(C)C)[C@@](CO)(OC(C)=O)[C@H](C)C[C@@H]2O. The molecule has 2 bridgehead atoms. The van der Waals surface area contributed by atoms with Gasteiger partial charge in [0.25, 0.3) is 5.91 Å². The summed E-state index contributed by atoms with van der Waals surface area (Å²) in [5, 5.41) is 38.3. The third-order valence-corrected chi connectivity index (χ3v) is 14.3. The van der Waals surface area contributed by atoms with Gasteiger partial charge in [0.1, 0.15) is 17.8 Å². The molecule has 1 amide bonds. The molecule has 0 spiro atoms. The van der Waals surface area contributed by atoms with Gasteiger partial charge in [0.05, 0.1) is 35.6 Å². The summed E-state index contributed by atoms with van der Waals surface area (Å²) in [5.41, 5.74) is -5.45. The number of Topliss-reactive ketones (excluding diaryl/α,β-unsaturated/α-hetero) is 1. The quantitative estimate of drug-likeness (QED) is 0.111. The molecule has 14 heteroatoms. The van der Waals surface area contributed by atoms with Crippen LogP contribution in [0.2, 0.25) is 0 Å². The van der Waals surface area contributed by atoms with Crippen LogP contribution in [-0.2, 0) is 38.1 Å². The van der Waals surface area contributed by atoms with Crippen LogP contribution in [0.4, 0.5) is 0 Å². The topological polar surface area (TPSA) is 212 Å². The van der Waals surface area contributed by atoms with Crippen molar-refractivity contribution in [2.75, 3.05) is 6.61 Å². The van der Waals surface area contributed by atoms with Crippen LogP contribution in [0.3, 0.4) is 0 Å². The van der Waals surface area contributed by atoms with Crippen LogP contribution in [0.1, 0.15) is 101 Å². The smallest absolute Gasteiger partial charge is 0.338 e. The lowest BCUT2D eigenvalue weighted by molar-refractivity contribution is -0.265. The van der Waals surface area contributed by atoms with Gasteiger partial charge in [-0.05, 0) is 73.1 Å². The van der Waals surface area contributed by atoms with Gasteiger partial charge in [0.15, 0.2) is 18.0 Å². The molecular weight excluding hydrogens is 811 g/mol. The second kappa shape index (κ2) is 17.8. The minimum atomic E-state index is -2.02. The van der Waals surface area contributed by atoms with Crippen LogP contribution in [-0.4, -0.2) is 93.6 Å². The second-order valence-corrected chi connectivity index (χ2v) is 18.1. The van der Waals surface area contributed by atoms with Crippen molar-refractivity contribution in [3.05, 3.63) is 119 Å². The zero-order valence-corrected chi connectivity index (χ0v) is 36.8. The summed E-state index contributed by atoms with van der Waals surface area (Å²) < 4.78 is 24.9. The zero-order valence-electron chi connectivity index (χ0n) is 36.8. The van der Waals surface area contributed by atoms with Crippen LogP contribution in [0.25, 0.3) is 0 Å². The number of ether oxygens (including phenoxy) is 4. The van der Waals surface area contributed by atoms with E-state index in [1.165, 1.54) is 19.1 Å². The van der Waals surface area contributed by atoms with Gasteiger partial charge in [-0.2, -0.15) is 0 Å². The molecular formula is C49H57NO13. The number of carbonyl (C=O) groups excluding carboxylic acids is 6. The summed E-state index contributed by atoms with van der Waals surface area (Å²) in [5.74, 6) is -7.36. The number of carbonyl (C=O) groups is 6. The lowest BCUT2D eigenvalue weighted by Gasteiger charge is -2.65. The third-order valence-electron chi connectivity index (χ3n) is 14.3. The molecule has 2 saturated carbocycles. The molecule has 14 nitrogen and oxygen atoms in total. The van der Waals surface area contributed by atoms with Crippen molar-refractivity contribution in [3.8, 4) is 0 Å². The Morgan fingerprint density at radius 1 is 0.810 bits per heavy atom. The van der Waals surface area contributed by atoms with E-state index in [9.17, 15) is 39.3 Å². The normalized spacial score (nSPS) is 30.9. The van der Waals surface area contributed by atoms with Crippen molar-refractivity contribution in [2.45, 2.75) is 110 Å². The fraction of sp³-hybridized carbons (Fsp3) is 0.469. The van der Waals surface area contributed by atoms with Crippen molar-refractivity contribution >= 4 is 35.6 Å². The van der Waals surface area contributed by atoms with Crippen LogP contribution in [0.15, 0.2) is 102 Å². The number of esters is 4. The van der Waals surface area contributed by atoms with Gasteiger partial charge in [-0.25, -0.2) is 9.59 Å². The number of nitrogens with one attached hydrogen (secondary N) is 1. The predicted molar refractivity (Wildman–Crippen MR) is 227 cm³/mol. The molecule has 3 aromatic carbocycles. The molecule has 3 aromatic rings. The minimum Gasteiger partial charge on any atom is -0.458 e. The fourth-order valence-electron chi connectivity index (χ4n) is 10.5. The molecule has 4 N–H and O–H groups in total. The van der Waals surface area contributed by atoms with E-state index in [1.54, 1.807) is 113 Å². The molecule has 0 heterocycles. The van der Waals surface area contributed by atoms with Gasteiger partial charge >= 0.3 is 23.9 Å². The number of amides is 1. The molecule has 11 atom stereocenters. The standard InChI is InChI=1S/C49H57NO13/c1-27-24-35(54)48(8)40(49(27,26-51)63-30(4)53)42(62-44(58)33-22-16-11-17-23-33)47(7)25-34(28(2)36(46(47,5)6)39(41(48)56)60-29(3)52)61-45(59)38(55)37(31-18-12-9-13-19-31)50-43(57)32-20-14-10-15-21-32/h9-23,27,34-35,37-40,42,51,54-55H,24-26H2,1-8H3,(H,50,57)/t27-,34+,35+,37+,38-,39-,40+,42+,47+,48-,49+/m1/s1. The summed E-state index contributed by atoms with van der Waals surface area (Å²) in [6.45, 7) is 11.4. The van der Waals surface area contributed by atoms with Crippen molar-refractivity contribution in [1.82, 2.24) is 5.32 Å². The zero-order chi connectivity index (χ0) is 46.2. The molecule has 0 saturated heterocycles. The van der Waals surface area contributed by atoms with Crippen LogP contribution < -0.4 is 5.32 Å². The number of fused-ring (bicyclic) bond motifs is 3. The maximum absolute atomic E-state index is 15.6. The Bertz CT molecular complexity index is 2260. The van der Waals surface area contributed by atoms with E-state index in [4.69, 9.17) is 18.9 Å². The number of aliphatic hydroxyl groups excluding tert-OH is 3. The van der Waals surface area contributed by atoms with E-state index in [0.29, 0.717) is 11.1 Å². The second-order valence-electron chi connectivity index (χ2n) is 18.1. The number of rotatable bonds is 11. The molecule has 0 aliphatic heterocycles. The van der Waals surface area contributed by atoms with Crippen LogP contribution >= 0.6 is 0 Å². The molecule has 2 fully saturated rings. The maximum atomic E-state index is 15.6. The van der Waals surface area contributed by atoms with E-state index in [-0.39, 0.29) is 29.5 Å². The lowest BCUT2D eigenvalue weighted by atomic mass is 9.42. The number of ketones is 1. The Morgan fingerprint density at radius 2 is 1.37 bits per heavy atom. The van der Waals surface area contributed by atoms with Gasteiger partial charge in [-0.1, -0.05) is 94.4 Å². The number of aliphatic hydroxyl groups is 3. The Labute approximate surface area is 367 Å². The number of benzene rings is 3. The summed E-state index contributed by atoms with van der Waals surface area (Å²) >= 11 is 0. The predicted octanol–water partition coefficient (Wildman–Crippen LogP) is 5.24. The molecule has 3 aliphatic rings. The summed E-state index contributed by atoms with van der Waals surface area (Å²) in [6, 6.07) is 23.4. The van der Waals surface area contributed by atoms with Crippen molar-refractivity contribution in [1.29, 1.82) is 0 Å². The monoisotopic (exact) mass is 867 g/mol. The minimum absolute atomic E-state index is 0.136. The van der Waals surface area contributed by atoms with Gasteiger partial charge < -0.3 is 39.6 Å². The van der Waals surface area contributed by atoms with Gasteiger partial charge in [-0.15, -0.1) is 0 Å². The molecule has 0 unspecified atom stereocenters. The fourth-order valence-corrected chi connectivity index (χ4v) is 10.5. The Morgan fingerprint density at radius 3 is 1.90 bits per heavy atom. The number of hydrogen-bond donors (Lipinski definition) is 4. The lowest BCUT2D eigenvalue weighted by Crippen LogP contribution is -2.75. The highest BCUT2D eigenvalue weighted by Gasteiger charge is 2.74. The average Bonchev–Trinajstić information content (AvgIpc) is 3.25. The highest BCUT2D eigenvalue weighted by Crippen LogP contribution is 2.66. The van der Waals surface area contributed by atoms with Gasteiger partial charge in [-0.3, -0.25) is 19.2 Å². The molecule has 3 aliphatic carbocycles. The number of hydrogen-bond acceptors (Lipinski definition) is 13. The highest BCUT2D eigenvalue weighted by atomic mass is 16.6. The van der Waals surface area contributed by atoms with Gasteiger partial charge in [0.2, 0.25) is 0 Å². The van der Waals surface area contributed by atoms with E-state index in [0.717, 1.165) is 13.8 Å². The first-order chi connectivity index (χ1) is 29.6. The molecule has 0 aromatic heterocycles. The van der Waals surface area contributed by atoms with E-state index < -0.39 is 112 Å². The average molecular weight is 868 g/mol. The van der Waals surface area contributed by atoms with Crippen molar-refractivity contribution < 1.29 is 63.0 Å². The van der Waals surface area contributed by atoms with E-state index in [1.807, 2.05) is 0 Å². The first kappa shape index (κ1) is 46.8. The van der Waals surface area contributed by atoms with Crippen LogP contribution in [0.5, 0.6) is 0 Å². The summed E-state index contributed by atoms with van der Waals surface area (Å²) in [6.07, 6.45) is -8.30. The largest absolute Gasteiger partial charge is 0.458 e. The first-order valence-corrected chi connectivity index (χ1v) is 21.1.